The van der Waals surface area contributed by atoms with Gasteiger partial charge in [0.1, 0.15) is 18.1 Å². The molecule has 0 radical (unpaired) electrons. The number of nitrogens with zero attached hydrogens (tertiary/aromatic N) is 2. The zero-order valence-corrected chi connectivity index (χ0v) is 20.6. The third kappa shape index (κ3) is 8.19. The Labute approximate surface area is 202 Å². The van der Waals surface area contributed by atoms with Crippen LogP contribution in [0.1, 0.15) is 11.6 Å². The molecule has 0 bridgehead atoms. The van der Waals surface area contributed by atoms with Crippen molar-refractivity contribution in [3.05, 3.63) is 60.2 Å². The number of rotatable bonds is 9. The molecule has 1 unspecified atom stereocenters. The minimum atomic E-state index is 0. The van der Waals surface area contributed by atoms with Gasteiger partial charge in [-0.25, -0.2) is 0 Å². The van der Waals surface area contributed by atoms with Crippen molar-refractivity contribution in [2.45, 2.75) is 6.04 Å². The Morgan fingerprint density at radius 3 is 2.39 bits per heavy atom. The van der Waals surface area contributed by atoms with Crippen molar-refractivity contribution in [2.24, 2.45) is 4.99 Å². The van der Waals surface area contributed by atoms with Crippen LogP contribution in [0.15, 0.2) is 59.6 Å². The van der Waals surface area contributed by atoms with Crippen molar-refractivity contribution in [3.63, 3.8) is 0 Å². The third-order valence-electron chi connectivity index (χ3n) is 5.08. The van der Waals surface area contributed by atoms with Gasteiger partial charge < -0.3 is 24.8 Å². The molecule has 1 aliphatic rings. The zero-order valence-electron chi connectivity index (χ0n) is 18.3. The molecule has 7 nitrogen and oxygen atoms in total. The van der Waals surface area contributed by atoms with Crippen molar-refractivity contribution >= 4 is 29.9 Å². The number of halogens is 1. The number of morpholine rings is 1. The second-order valence-corrected chi connectivity index (χ2v) is 6.98. The van der Waals surface area contributed by atoms with Crippen molar-refractivity contribution in [3.8, 4) is 11.5 Å². The lowest BCUT2D eigenvalue weighted by Gasteiger charge is -2.35. The van der Waals surface area contributed by atoms with Crippen LogP contribution in [0, 0.1) is 0 Å². The average Bonchev–Trinajstić information content (AvgIpc) is 2.82. The fraction of sp³-hybridized carbons (Fsp3) is 0.435. The maximum atomic E-state index is 5.73. The van der Waals surface area contributed by atoms with Crippen molar-refractivity contribution in [2.75, 3.05) is 60.2 Å². The Morgan fingerprint density at radius 2 is 1.74 bits per heavy atom. The van der Waals surface area contributed by atoms with Gasteiger partial charge in [-0.1, -0.05) is 30.3 Å². The highest BCUT2D eigenvalue weighted by molar-refractivity contribution is 14.0. The van der Waals surface area contributed by atoms with E-state index in [1.807, 2.05) is 42.5 Å². The quantitative estimate of drug-likeness (QED) is 0.221. The van der Waals surface area contributed by atoms with Crippen LogP contribution in [0.2, 0.25) is 0 Å². The van der Waals surface area contributed by atoms with Gasteiger partial charge in [-0.2, -0.15) is 0 Å². The summed E-state index contributed by atoms with van der Waals surface area (Å²) in [6, 6.07) is 18.3. The minimum absolute atomic E-state index is 0. The fourth-order valence-electron chi connectivity index (χ4n) is 3.44. The Kier molecular flexibility index (Phi) is 11.5. The number of ether oxygens (including phenoxy) is 3. The molecule has 0 aromatic heterocycles. The molecule has 1 saturated heterocycles. The normalized spacial score (nSPS) is 15.5. The summed E-state index contributed by atoms with van der Waals surface area (Å²) in [6.45, 7) is 5.32. The zero-order chi connectivity index (χ0) is 21.0. The molecular weight excluding hydrogens is 507 g/mol. The van der Waals surface area contributed by atoms with E-state index in [1.165, 1.54) is 5.56 Å². The summed E-state index contributed by atoms with van der Waals surface area (Å²) in [7, 11) is 3.47. The molecule has 8 heteroatoms. The predicted octanol–water partition coefficient (Wildman–Crippen LogP) is 2.93. The van der Waals surface area contributed by atoms with Crippen molar-refractivity contribution < 1.29 is 14.2 Å². The van der Waals surface area contributed by atoms with E-state index in [9.17, 15) is 0 Å². The first kappa shape index (κ1) is 25.2. The number of methoxy groups -OCH3 is 1. The average molecular weight is 540 g/mol. The van der Waals surface area contributed by atoms with Crippen molar-refractivity contribution in [1.82, 2.24) is 15.5 Å². The molecule has 1 fully saturated rings. The topological polar surface area (TPSA) is 67.4 Å². The lowest BCUT2D eigenvalue weighted by molar-refractivity contribution is 0.0170. The summed E-state index contributed by atoms with van der Waals surface area (Å²) < 4.78 is 16.6. The highest BCUT2D eigenvalue weighted by Crippen LogP contribution is 2.23. The van der Waals surface area contributed by atoms with E-state index >= 15 is 0 Å². The molecule has 1 aliphatic heterocycles. The Balaban J connectivity index is 0.00000341. The number of para-hydroxylation sites is 1. The largest absolute Gasteiger partial charge is 0.497 e. The number of nitrogens with one attached hydrogen (secondary N) is 2. The molecule has 0 aliphatic carbocycles. The monoisotopic (exact) mass is 540 g/mol. The number of hydrogen-bond acceptors (Lipinski definition) is 5. The summed E-state index contributed by atoms with van der Waals surface area (Å²) in [4.78, 5) is 6.79. The maximum absolute atomic E-state index is 5.73. The third-order valence-corrected chi connectivity index (χ3v) is 5.08. The first-order valence-electron chi connectivity index (χ1n) is 10.4. The van der Waals surface area contributed by atoms with Crippen LogP contribution in [-0.2, 0) is 4.74 Å². The second kappa shape index (κ2) is 14.1. The molecule has 2 aromatic rings. The van der Waals surface area contributed by atoms with Gasteiger partial charge in [0.05, 0.1) is 32.9 Å². The molecule has 1 heterocycles. The molecule has 31 heavy (non-hydrogen) atoms. The van der Waals surface area contributed by atoms with E-state index in [-0.39, 0.29) is 30.0 Å². The van der Waals surface area contributed by atoms with Crippen LogP contribution >= 0.6 is 24.0 Å². The van der Waals surface area contributed by atoms with E-state index in [0.29, 0.717) is 13.2 Å². The molecular formula is C23H33IN4O3. The first-order chi connectivity index (χ1) is 14.8. The minimum Gasteiger partial charge on any atom is -0.497 e. The molecule has 0 spiro atoms. The lowest BCUT2D eigenvalue weighted by Crippen LogP contribution is -2.46. The number of guanidine groups is 1. The van der Waals surface area contributed by atoms with Crippen LogP contribution in [-0.4, -0.2) is 71.0 Å². The predicted molar refractivity (Wildman–Crippen MR) is 135 cm³/mol. The van der Waals surface area contributed by atoms with Gasteiger partial charge in [0.25, 0.3) is 0 Å². The maximum Gasteiger partial charge on any atom is 0.191 e. The van der Waals surface area contributed by atoms with Crippen molar-refractivity contribution in [1.29, 1.82) is 0 Å². The van der Waals surface area contributed by atoms with Crippen LogP contribution in [0.25, 0.3) is 0 Å². The number of hydrogen-bond donors (Lipinski definition) is 2. The molecule has 2 N–H and O–H groups in total. The van der Waals surface area contributed by atoms with Crippen LogP contribution in [0.3, 0.4) is 0 Å². The number of aliphatic imine (C=N–C) groups is 1. The van der Waals surface area contributed by atoms with E-state index in [1.54, 1.807) is 14.2 Å². The Morgan fingerprint density at radius 1 is 1.03 bits per heavy atom. The van der Waals surface area contributed by atoms with Crippen LogP contribution in [0.5, 0.6) is 11.5 Å². The summed E-state index contributed by atoms with van der Waals surface area (Å²) in [5.41, 5.74) is 1.24. The summed E-state index contributed by atoms with van der Waals surface area (Å²) in [5, 5.41) is 6.78. The van der Waals surface area contributed by atoms with Gasteiger partial charge in [-0.15, -0.1) is 24.0 Å². The van der Waals surface area contributed by atoms with Gasteiger partial charge in [-0.05, 0) is 29.8 Å². The van der Waals surface area contributed by atoms with Gasteiger partial charge in [0.2, 0.25) is 0 Å². The van der Waals surface area contributed by atoms with Crippen LogP contribution < -0.4 is 20.1 Å². The molecule has 2 aromatic carbocycles. The summed E-state index contributed by atoms with van der Waals surface area (Å²) in [5.74, 6) is 2.50. The molecule has 0 saturated carbocycles. The highest BCUT2D eigenvalue weighted by atomic mass is 127. The molecule has 0 amide bonds. The van der Waals surface area contributed by atoms with Gasteiger partial charge >= 0.3 is 0 Å². The molecule has 170 valence electrons. The fourth-order valence-corrected chi connectivity index (χ4v) is 3.44. The van der Waals surface area contributed by atoms with E-state index < -0.39 is 0 Å². The second-order valence-electron chi connectivity index (χ2n) is 6.98. The highest BCUT2D eigenvalue weighted by Gasteiger charge is 2.23. The smallest absolute Gasteiger partial charge is 0.191 e. The van der Waals surface area contributed by atoms with E-state index in [4.69, 9.17) is 14.2 Å². The first-order valence-corrected chi connectivity index (χ1v) is 10.4. The molecule has 1 atom stereocenters. The lowest BCUT2D eigenvalue weighted by atomic mass is 10.0. The van der Waals surface area contributed by atoms with Gasteiger partial charge in [-0.3, -0.25) is 9.89 Å². The molecule has 3 rings (SSSR count). The standard InChI is InChI=1S/C23H32N4O3.HI/c1-24-23(25-12-15-30-21-6-4-3-5-7-21)26-18-22(27-13-16-29-17-14-27)19-8-10-20(28-2)11-9-19;/h3-11,22H,12-18H2,1-2H3,(H2,24,25,26);1H. The van der Waals surface area contributed by atoms with Gasteiger partial charge in [0.15, 0.2) is 5.96 Å². The number of benzene rings is 2. The summed E-state index contributed by atoms with van der Waals surface area (Å²) >= 11 is 0. The van der Waals surface area contributed by atoms with E-state index in [0.717, 1.165) is 50.3 Å². The van der Waals surface area contributed by atoms with E-state index in [2.05, 4.69) is 32.7 Å². The van der Waals surface area contributed by atoms with Gasteiger partial charge in [0, 0.05) is 26.7 Å². The van der Waals surface area contributed by atoms with Crippen LogP contribution in [0.4, 0.5) is 0 Å². The Bertz CT molecular complexity index is 768. The summed E-state index contributed by atoms with van der Waals surface area (Å²) in [6.07, 6.45) is 0. The SMILES string of the molecule is CN=C(NCCOc1ccccc1)NCC(c1ccc(OC)cc1)N1CCOCC1.I. The Hall–Kier alpha value is -2.04.